The number of carboxylic acid groups (broad SMARTS) is 1. The second-order valence-corrected chi connectivity index (χ2v) is 15.8. The van der Waals surface area contributed by atoms with Gasteiger partial charge in [0.1, 0.15) is 6.04 Å². The SMILES string of the molecule is CCCCCCCCCCCCCCCCCC(=O)NC(CCCCCC)C(NC(=O)CCCCCCCCCCCCCCCCC)C(=O)O. The fraction of sp³-hybridized carbons (Fsp3) is 0.933. The second-order valence-electron chi connectivity index (χ2n) is 15.8. The Morgan fingerprint density at radius 2 is 0.627 bits per heavy atom. The molecule has 51 heavy (non-hydrogen) atoms. The summed E-state index contributed by atoms with van der Waals surface area (Å²) in [5, 5.41) is 15.9. The van der Waals surface area contributed by atoms with Gasteiger partial charge in [-0.2, -0.15) is 0 Å². The third-order valence-electron chi connectivity index (χ3n) is 10.7. The van der Waals surface area contributed by atoms with E-state index in [1.807, 2.05) is 0 Å². The summed E-state index contributed by atoms with van der Waals surface area (Å²) in [6, 6.07) is -1.66. The summed E-state index contributed by atoms with van der Waals surface area (Å²) < 4.78 is 0. The van der Waals surface area contributed by atoms with Gasteiger partial charge in [-0.25, -0.2) is 4.79 Å². The van der Waals surface area contributed by atoms with E-state index < -0.39 is 18.1 Å². The molecule has 0 spiro atoms. The van der Waals surface area contributed by atoms with Crippen molar-refractivity contribution in [3.05, 3.63) is 0 Å². The molecule has 0 saturated heterocycles. The average molecular weight is 721 g/mol. The zero-order valence-corrected chi connectivity index (χ0v) is 34.5. The summed E-state index contributed by atoms with van der Waals surface area (Å²) in [7, 11) is 0. The molecule has 0 heterocycles. The normalized spacial score (nSPS) is 12.5. The molecule has 0 aliphatic rings. The molecule has 0 aromatic heterocycles. The lowest BCUT2D eigenvalue weighted by Gasteiger charge is -2.26. The van der Waals surface area contributed by atoms with Gasteiger partial charge in [0.2, 0.25) is 11.8 Å². The van der Waals surface area contributed by atoms with E-state index in [0.717, 1.165) is 64.2 Å². The Bertz CT molecular complexity index is 773. The summed E-state index contributed by atoms with van der Waals surface area (Å²) in [6.45, 7) is 6.69. The van der Waals surface area contributed by atoms with Crippen LogP contribution in [0.25, 0.3) is 0 Å². The smallest absolute Gasteiger partial charge is 0.328 e. The monoisotopic (exact) mass is 721 g/mol. The number of carboxylic acids is 1. The van der Waals surface area contributed by atoms with Crippen LogP contribution in [-0.2, 0) is 14.4 Å². The molecule has 0 aliphatic carbocycles. The number of carbonyl (C=O) groups is 3. The highest BCUT2D eigenvalue weighted by Gasteiger charge is 2.30. The molecule has 2 unspecified atom stereocenters. The first-order chi connectivity index (χ1) is 25.0. The predicted octanol–water partition coefficient (Wildman–Crippen LogP) is 13.5. The van der Waals surface area contributed by atoms with Crippen LogP contribution in [0.3, 0.4) is 0 Å². The van der Waals surface area contributed by atoms with Crippen LogP contribution < -0.4 is 10.6 Å². The minimum atomic E-state index is -1.08. The molecule has 0 aromatic carbocycles. The maximum atomic E-state index is 12.9. The Hall–Kier alpha value is -1.59. The number of unbranched alkanes of at least 4 members (excludes halogenated alkanes) is 31. The lowest BCUT2D eigenvalue weighted by atomic mass is 9.99. The molecule has 0 bridgehead atoms. The molecule has 0 rings (SSSR count). The minimum Gasteiger partial charge on any atom is -0.480 e. The molecular weight excluding hydrogens is 633 g/mol. The van der Waals surface area contributed by atoms with Crippen LogP contribution in [0.4, 0.5) is 0 Å². The van der Waals surface area contributed by atoms with Crippen molar-refractivity contribution in [2.24, 2.45) is 0 Å². The van der Waals surface area contributed by atoms with E-state index in [-0.39, 0.29) is 11.8 Å². The summed E-state index contributed by atoms with van der Waals surface area (Å²) >= 11 is 0. The van der Waals surface area contributed by atoms with Crippen LogP contribution in [0.2, 0.25) is 0 Å². The highest BCUT2D eigenvalue weighted by Crippen LogP contribution is 2.16. The van der Waals surface area contributed by atoms with Gasteiger partial charge in [-0.15, -0.1) is 0 Å². The van der Waals surface area contributed by atoms with Gasteiger partial charge in [-0.3, -0.25) is 9.59 Å². The number of aliphatic carboxylic acids is 1. The van der Waals surface area contributed by atoms with Crippen molar-refractivity contribution in [1.82, 2.24) is 10.6 Å². The summed E-state index contributed by atoms with van der Waals surface area (Å²) in [5.74, 6) is -1.37. The molecule has 0 fully saturated rings. The van der Waals surface area contributed by atoms with E-state index in [1.165, 1.54) is 154 Å². The molecule has 0 aliphatic heterocycles. The standard InChI is InChI=1S/C45H88N2O4/c1-4-7-10-13-15-17-19-21-23-25-27-29-31-33-36-39-42(48)46-41(38-35-12-9-6-3)44(45(50)51)47-43(49)40-37-34-32-30-28-26-24-22-20-18-16-14-11-8-5-2/h41,44H,4-40H2,1-3H3,(H,46,48)(H,47,49)(H,50,51). The average Bonchev–Trinajstić information content (AvgIpc) is 3.11. The van der Waals surface area contributed by atoms with E-state index in [9.17, 15) is 19.5 Å². The zero-order valence-electron chi connectivity index (χ0n) is 34.5. The highest BCUT2D eigenvalue weighted by atomic mass is 16.4. The molecule has 0 aromatic rings. The van der Waals surface area contributed by atoms with E-state index in [1.54, 1.807) is 0 Å². The first-order valence-corrected chi connectivity index (χ1v) is 22.8. The number of hydrogen-bond acceptors (Lipinski definition) is 3. The van der Waals surface area contributed by atoms with Crippen molar-refractivity contribution in [2.45, 2.75) is 270 Å². The molecule has 6 heteroatoms. The quantitative estimate of drug-likeness (QED) is 0.0548. The lowest BCUT2D eigenvalue weighted by molar-refractivity contribution is -0.143. The molecular formula is C45H88N2O4. The third-order valence-corrected chi connectivity index (χ3v) is 10.7. The van der Waals surface area contributed by atoms with Crippen molar-refractivity contribution in [2.75, 3.05) is 0 Å². The molecule has 0 saturated carbocycles. The number of rotatable bonds is 41. The van der Waals surface area contributed by atoms with Crippen molar-refractivity contribution in [1.29, 1.82) is 0 Å². The van der Waals surface area contributed by atoms with Gasteiger partial charge in [0.05, 0.1) is 6.04 Å². The van der Waals surface area contributed by atoms with Crippen molar-refractivity contribution in [3.8, 4) is 0 Å². The molecule has 2 atom stereocenters. The summed E-state index contributed by atoms with van der Waals surface area (Å²) in [5.41, 5.74) is 0. The van der Waals surface area contributed by atoms with Gasteiger partial charge < -0.3 is 15.7 Å². The van der Waals surface area contributed by atoms with Gasteiger partial charge in [0.25, 0.3) is 0 Å². The largest absolute Gasteiger partial charge is 0.480 e. The Morgan fingerprint density at radius 1 is 0.373 bits per heavy atom. The van der Waals surface area contributed by atoms with Crippen molar-refractivity contribution >= 4 is 17.8 Å². The summed E-state index contributed by atoms with van der Waals surface area (Å²) in [4.78, 5) is 38.0. The molecule has 3 N–H and O–H groups in total. The maximum Gasteiger partial charge on any atom is 0.328 e. The van der Waals surface area contributed by atoms with Gasteiger partial charge in [0.15, 0.2) is 0 Å². The van der Waals surface area contributed by atoms with E-state index in [0.29, 0.717) is 19.3 Å². The Balaban J connectivity index is 4.22. The van der Waals surface area contributed by atoms with Crippen LogP contribution >= 0.6 is 0 Å². The first kappa shape index (κ1) is 49.4. The van der Waals surface area contributed by atoms with Crippen LogP contribution in [0.1, 0.15) is 258 Å². The third kappa shape index (κ3) is 35.2. The predicted molar refractivity (Wildman–Crippen MR) is 219 cm³/mol. The van der Waals surface area contributed by atoms with Gasteiger partial charge >= 0.3 is 5.97 Å². The van der Waals surface area contributed by atoms with E-state index >= 15 is 0 Å². The number of nitrogens with one attached hydrogen (secondary N) is 2. The fourth-order valence-electron chi connectivity index (χ4n) is 7.29. The summed E-state index contributed by atoms with van der Waals surface area (Å²) in [6.07, 6.45) is 43.6. The highest BCUT2D eigenvalue weighted by molar-refractivity contribution is 5.85. The van der Waals surface area contributed by atoms with Crippen LogP contribution in [0.15, 0.2) is 0 Å². The van der Waals surface area contributed by atoms with Gasteiger partial charge in [0, 0.05) is 12.8 Å². The Morgan fingerprint density at radius 3 is 0.922 bits per heavy atom. The minimum absolute atomic E-state index is 0.0897. The van der Waals surface area contributed by atoms with Gasteiger partial charge in [-0.05, 0) is 19.3 Å². The molecule has 2 amide bonds. The number of hydrogen-bond donors (Lipinski definition) is 3. The van der Waals surface area contributed by atoms with Crippen molar-refractivity contribution < 1.29 is 19.5 Å². The first-order valence-electron chi connectivity index (χ1n) is 22.8. The van der Waals surface area contributed by atoms with Crippen molar-refractivity contribution in [3.63, 3.8) is 0 Å². The Kier molecular flexibility index (Phi) is 38.4. The van der Waals surface area contributed by atoms with E-state index in [2.05, 4.69) is 31.4 Å². The van der Waals surface area contributed by atoms with Crippen LogP contribution in [-0.4, -0.2) is 35.0 Å². The Labute approximate surface area is 317 Å². The van der Waals surface area contributed by atoms with Crippen LogP contribution in [0.5, 0.6) is 0 Å². The second kappa shape index (κ2) is 39.6. The molecule has 302 valence electrons. The van der Waals surface area contributed by atoms with Crippen LogP contribution in [0, 0.1) is 0 Å². The molecule has 6 nitrogen and oxygen atoms in total. The zero-order chi connectivity index (χ0) is 37.5. The van der Waals surface area contributed by atoms with Gasteiger partial charge in [-0.1, -0.05) is 226 Å². The number of amides is 2. The molecule has 0 radical (unpaired) electrons. The lowest BCUT2D eigenvalue weighted by Crippen LogP contribution is -2.55. The fourth-order valence-corrected chi connectivity index (χ4v) is 7.29. The van der Waals surface area contributed by atoms with E-state index in [4.69, 9.17) is 0 Å². The topological polar surface area (TPSA) is 95.5 Å². The number of carbonyl (C=O) groups excluding carboxylic acids is 2. The maximum absolute atomic E-state index is 12.9.